The first kappa shape index (κ1) is 30.2. The summed E-state index contributed by atoms with van der Waals surface area (Å²) in [6.45, 7) is 4.54. The lowest BCUT2D eigenvalue weighted by Crippen LogP contribution is -2.54. The molecule has 0 bridgehead atoms. The first-order chi connectivity index (χ1) is 19.2. The molecule has 0 saturated carbocycles. The number of ketones is 1. The summed E-state index contributed by atoms with van der Waals surface area (Å²) in [4.78, 5) is 50.9. The molecule has 0 radical (unpaired) electrons. The van der Waals surface area contributed by atoms with E-state index in [2.05, 4.69) is 20.9 Å². The molecule has 3 aromatic rings. The van der Waals surface area contributed by atoms with Crippen molar-refractivity contribution in [3.8, 4) is 12.3 Å². The van der Waals surface area contributed by atoms with Crippen molar-refractivity contribution in [3.63, 3.8) is 0 Å². The standard InChI is InChI=1S/C28H33N5O7/c1-6-20(15-33-17-30-22-23(29)31-24(18(4)34)32-25(22)33)21(37-5)16-40-28(26(35)38-7-2,27(36)39-8-3)14-19-12-10-9-11-13-19/h1,9-13,17,20-21H,7-8,14-16H2,2-5H3,(H2,29,31,32). The molecule has 0 aliphatic rings. The average Bonchev–Trinajstić information content (AvgIpc) is 3.35. The van der Waals surface area contributed by atoms with Crippen molar-refractivity contribution >= 4 is 34.7 Å². The van der Waals surface area contributed by atoms with Crippen molar-refractivity contribution < 1.29 is 33.3 Å². The number of carbonyl (C=O) groups is 3. The van der Waals surface area contributed by atoms with Crippen LogP contribution in [-0.2, 0) is 41.5 Å². The Morgan fingerprint density at radius 2 is 1.75 bits per heavy atom. The van der Waals surface area contributed by atoms with Gasteiger partial charge in [-0.25, -0.2) is 24.5 Å². The second kappa shape index (κ2) is 13.6. The Kier molecular flexibility index (Phi) is 10.3. The van der Waals surface area contributed by atoms with Gasteiger partial charge < -0.3 is 29.2 Å². The molecule has 2 atom stereocenters. The number of benzene rings is 1. The van der Waals surface area contributed by atoms with Crippen LogP contribution >= 0.6 is 0 Å². The molecule has 1 aromatic carbocycles. The number of rotatable bonds is 14. The van der Waals surface area contributed by atoms with Gasteiger partial charge in [-0.05, 0) is 19.4 Å². The number of aromatic nitrogens is 4. The Bertz CT molecular complexity index is 1360. The number of carbonyl (C=O) groups excluding carboxylic acids is 3. The molecule has 2 unspecified atom stereocenters. The topological polar surface area (TPSA) is 158 Å². The lowest BCUT2D eigenvalue weighted by atomic mass is 9.93. The number of nitrogen functional groups attached to an aromatic ring is 1. The Hall–Kier alpha value is -4.34. The number of terminal acetylenes is 1. The molecule has 0 spiro atoms. The first-order valence-electron chi connectivity index (χ1n) is 12.7. The van der Waals surface area contributed by atoms with Crippen LogP contribution in [0.4, 0.5) is 5.82 Å². The van der Waals surface area contributed by atoms with Crippen molar-refractivity contribution in [1.29, 1.82) is 0 Å². The third-order valence-corrected chi connectivity index (χ3v) is 6.16. The highest BCUT2D eigenvalue weighted by atomic mass is 16.6. The zero-order chi connectivity index (χ0) is 29.3. The van der Waals surface area contributed by atoms with Crippen LogP contribution in [0.25, 0.3) is 11.2 Å². The number of esters is 2. The van der Waals surface area contributed by atoms with Gasteiger partial charge in [0, 0.05) is 27.0 Å². The fourth-order valence-corrected chi connectivity index (χ4v) is 4.09. The molecule has 12 heteroatoms. The van der Waals surface area contributed by atoms with E-state index < -0.39 is 29.6 Å². The fourth-order valence-electron chi connectivity index (χ4n) is 4.09. The predicted molar refractivity (Wildman–Crippen MR) is 145 cm³/mol. The van der Waals surface area contributed by atoms with Gasteiger partial charge in [0.25, 0.3) is 5.60 Å². The zero-order valence-electron chi connectivity index (χ0n) is 23.0. The van der Waals surface area contributed by atoms with Gasteiger partial charge in [-0.2, -0.15) is 0 Å². The van der Waals surface area contributed by atoms with E-state index in [0.29, 0.717) is 16.7 Å². The highest BCUT2D eigenvalue weighted by Crippen LogP contribution is 2.26. The van der Waals surface area contributed by atoms with E-state index in [0.717, 1.165) is 0 Å². The number of methoxy groups -OCH3 is 1. The van der Waals surface area contributed by atoms with Crippen molar-refractivity contribution in [2.75, 3.05) is 32.7 Å². The van der Waals surface area contributed by atoms with E-state index >= 15 is 0 Å². The number of nitrogens with two attached hydrogens (primary N) is 1. The van der Waals surface area contributed by atoms with Gasteiger partial charge in [-0.3, -0.25) is 4.79 Å². The third kappa shape index (κ3) is 6.62. The van der Waals surface area contributed by atoms with Crippen LogP contribution < -0.4 is 5.73 Å². The third-order valence-electron chi connectivity index (χ3n) is 6.16. The number of nitrogens with zero attached hydrogens (tertiary/aromatic N) is 4. The van der Waals surface area contributed by atoms with Gasteiger partial charge >= 0.3 is 11.9 Å². The second-order valence-electron chi connectivity index (χ2n) is 8.85. The molecular formula is C28H33N5O7. The summed E-state index contributed by atoms with van der Waals surface area (Å²) in [6, 6.07) is 8.91. The molecular weight excluding hydrogens is 518 g/mol. The molecule has 12 nitrogen and oxygen atoms in total. The molecule has 3 rings (SSSR count). The summed E-state index contributed by atoms with van der Waals surface area (Å²) in [7, 11) is 1.44. The van der Waals surface area contributed by atoms with Crippen LogP contribution in [0.15, 0.2) is 36.7 Å². The molecule has 0 aliphatic carbocycles. The van der Waals surface area contributed by atoms with E-state index in [1.165, 1.54) is 20.4 Å². The largest absolute Gasteiger partial charge is 0.463 e. The van der Waals surface area contributed by atoms with E-state index in [4.69, 9.17) is 31.1 Å². The average molecular weight is 552 g/mol. The minimum atomic E-state index is -2.09. The van der Waals surface area contributed by atoms with Crippen molar-refractivity contribution in [2.45, 2.75) is 45.4 Å². The zero-order valence-corrected chi connectivity index (χ0v) is 23.0. The number of Topliss-reactive ketones (excluding diaryl/α,β-unsaturated/α-hetero) is 1. The monoisotopic (exact) mass is 551 g/mol. The van der Waals surface area contributed by atoms with Crippen LogP contribution in [-0.4, -0.2) is 75.9 Å². The smallest absolute Gasteiger partial charge is 0.350 e. The molecule has 2 aromatic heterocycles. The first-order valence-corrected chi connectivity index (χ1v) is 12.7. The van der Waals surface area contributed by atoms with Crippen LogP contribution in [0.2, 0.25) is 0 Å². The van der Waals surface area contributed by atoms with Gasteiger partial charge in [0.1, 0.15) is 5.52 Å². The Labute approximate surface area is 232 Å². The van der Waals surface area contributed by atoms with Crippen molar-refractivity contribution in [3.05, 3.63) is 48.0 Å². The number of ether oxygens (including phenoxy) is 4. The van der Waals surface area contributed by atoms with Gasteiger partial charge in [0.2, 0.25) is 0 Å². The quantitative estimate of drug-likeness (QED) is 0.135. The predicted octanol–water partition coefficient (Wildman–Crippen LogP) is 2.00. The van der Waals surface area contributed by atoms with Crippen LogP contribution in [0.5, 0.6) is 0 Å². The van der Waals surface area contributed by atoms with E-state index in [1.807, 2.05) is 6.07 Å². The van der Waals surface area contributed by atoms with Crippen LogP contribution in [0.1, 0.15) is 37.0 Å². The Morgan fingerprint density at radius 1 is 1.10 bits per heavy atom. The van der Waals surface area contributed by atoms with Gasteiger partial charge in [-0.15, -0.1) is 6.42 Å². The highest BCUT2D eigenvalue weighted by Gasteiger charge is 2.51. The van der Waals surface area contributed by atoms with Gasteiger partial charge in [-0.1, -0.05) is 36.3 Å². The maximum absolute atomic E-state index is 13.3. The van der Waals surface area contributed by atoms with Crippen LogP contribution in [0.3, 0.4) is 0 Å². The van der Waals surface area contributed by atoms with Gasteiger partial charge in [0.15, 0.2) is 23.1 Å². The summed E-state index contributed by atoms with van der Waals surface area (Å²) in [5.41, 5.74) is 5.18. The fraction of sp³-hybridized carbons (Fsp3) is 0.429. The second-order valence-corrected chi connectivity index (χ2v) is 8.85. The minimum Gasteiger partial charge on any atom is -0.463 e. The van der Waals surface area contributed by atoms with Gasteiger partial charge in [0.05, 0.1) is 38.2 Å². The maximum atomic E-state index is 13.3. The summed E-state index contributed by atoms with van der Waals surface area (Å²) in [6.07, 6.45) is 6.45. The van der Waals surface area contributed by atoms with Crippen molar-refractivity contribution in [2.24, 2.45) is 5.92 Å². The molecule has 0 aliphatic heterocycles. The lowest BCUT2D eigenvalue weighted by molar-refractivity contribution is -0.195. The number of hydrogen-bond acceptors (Lipinski definition) is 11. The molecule has 0 saturated heterocycles. The molecule has 0 fully saturated rings. The summed E-state index contributed by atoms with van der Waals surface area (Å²) in [5.74, 6) is -0.0707. The molecule has 2 N–H and O–H groups in total. The molecule has 212 valence electrons. The molecule has 0 amide bonds. The SMILES string of the molecule is C#CC(Cn1cnc2c(N)nc(C(C)=O)nc21)C(COC(Cc1ccccc1)(C(=O)OCC)C(=O)OCC)OC. The number of anilines is 1. The lowest BCUT2D eigenvalue weighted by Gasteiger charge is -2.32. The Balaban J connectivity index is 1.93. The van der Waals surface area contributed by atoms with Crippen molar-refractivity contribution in [1.82, 2.24) is 19.5 Å². The summed E-state index contributed by atoms with van der Waals surface area (Å²) < 4.78 is 23.9. The molecule has 40 heavy (non-hydrogen) atoms. The summed E-state index contributed by atoms with van der Waals surface area (Å²) in [5, 5.41) is 0. The highest BCUT2D eigenvalue weighted by molar-refractivity contribution is 6.04. The number of hydrogen-bond donors (Lipinski definition) is 1. The maximum Gasteiger partial charge on any atom is 0.350 e. The molecule has 2 heterocycles. The Morgan fingerprint density at radius 3 is 2.30 bits per heavy atom. The normalized spacial score (nSPS) is 12.9. The minimum absolute atomic E-state index is 0.0275. The summed E-state index contributed by atoms with van der Waals surface area (Å²) >= 11 is 0. The van der Waals surface area contributed by atoms with E-state index in [9.17, 15) is 14.4 Å². The number of fused-ring (bicyclic) bond motifs is 1. The number of imidazole rings is 1. The van der Waals surface area contributed by atoms with Crippen LogP contribution in [0, 0.1) is 18.3 Å². The van der Waals surface area contributed by atoms with E-state index in [-0.39, 0.29) is 50.2 Å². The van der Waals surface area contributed by atoms with E-state index in [1.54, 1.807) is 42.7 Å².